The fraction of sp³-hybridized carbons (Fsp3) is 0.414. The van der Waals surface area contributed by atoms with E-state index in [1.165, 1.54) is 4.90 Å². The van der Waals surface area contributed by atoms with Crippen LogP contribution in [0.3, 0.4) is 0 Å². The summed E-state index contributed by atoms with van der Waals surface area (Å²) >= 11 is 0. The number of aliphatic hydroxyl groups excluding tert-OH is 1. The highest BCUT2D eigenvalue weighted by Crippen LogP contribution is 2.42. The number of ether oxygens (including phenoxy) is 2. The van der Waals surface area contributed by atoms with Gasteiger partial charge in [0.05, 0.1) is 30.5 Å². The summed E-state index contributed by atoms with van der Waals surface area (Å²) < 4.78 is 13.6. The van der Waals surface area contributed by atoms with E-state index in [0.717, 1.165) is 12.8 Å². The first-order valence-electron chi connectivity index (χ1n) is 13.0. The quantitative estimate of drug-likeness (QED) is 0.175. The minimum absolute atomic E-state index is 0.0320. The van der Waals surface area contributed by atoms with Gasteiger partial charge in [-0.05, 0) is 64.2 Å². The van der Waals surface area contributed by atoms with Crippen LogP contribution in [0.5, 0.6) is 11.5 Å². The van der Waals surface area contributed by atoms with Crippen molar-refractivity contribution in [1.29, 1.82) is 0 Å². The van der Waals surface area contributed by atoms with Gasteiger partial charge in [0.15, 0.2) is 17.3 Å². The van der Waals surface area contributed by atoms with Crippen LogP contribution in [-0.4, -0.2) is 76.4 Å². The number of nitrogens with zero attached hydrogens (tertiary/aromatic N) is 4. The van der Waals surface area contributed by atoms with Crippen LogP contribution in [0.15, 0.2) is 48.2 Å². The molecule has 1 atom stereocenters. The van der Waals surface area contributed by atoms with Gasteiger partial charge in [0.25, 0.3) is 11.7 Å². The number of imidazole rings is 1. The van der Waals surface area contributed by atoms with E-state index in [2.05, 4.69) is 11.9 Å². The fourth-order valence-corrected chi connectivity index (χ4v) is 4.70. The lowest BCUT2D eigenvalue weighted by atomic mass is 9.96. The van der Waals surface area contributed by atoms with Crippen LogP contribution in [0, 0.1) is 6.92 Å². The Kier molecular flexibility index (Phi) is 8.36. The van der Waals surface area contributed by atoms with Crippen molar-refractivity contribution in [1.82, 2.24) is 19.2 Å². The first kappa shape index (κ1) is 27.2. The SMILES string of the molecule is CCCCOc1ccc(C2C(=C(O)c3c(C)nc4ccccn34)C(=O)C(=O)N2CCN(C)C)cc1OCC. The van der Waals surface area contributed by atoms with Gasteiger partial charge in [-0.25, -0.2) is 4.98 Å². The molecule has 0 radical (unpaired) electrons. The van der Waals surface area contributed by atoms with Crippen molar-refractivity contribution in [2.45, 2.75) is 39.7 Å². The average Bonchev–Trinajstić information content (AvgIpc) is 3.36. The molecule has 1 aliphatic heterocycles. The molecule has 1 fully saturated rings. The summed E-state index contributed by atoms with van der Waals surface area (Å²) in [5.74, 6) is -0.487. The standard InChI is InChI=1S/C29H36N4O5/c1-6-8-17-38-21-13-12-20(18-22(21)37-7-2)26-24(28(35)29(36)33(26)16-15-31(4)5)27(34)25-19(3)30-23-11-9-10-14-32(23)25/h9-14,18,26,34H,6-8,15-17H2,1-5H3. The Bertz CT molecular complexity index is 1360. The Morgan fingerprint density at radius 1 is 1.11 bits per heavy atom. The average molecular weight is 521 g/mol. The molecular formula is C29H36N4O5. The van der Waals surface area contributed by atoms with Crippen molar-refractivity contribution < 1.29 is 24.2 Å². The smallest absolute Gasteiger partial charge is 0.295 e. The van der Waals surface area contributed by atoms with Gasteiger partial charge in [0.1, 0.15) is 11.3 Å². The lowest BCUT2D eigenvalue weighted by molar-refractivity contribution is -0.140. The molecule has 1 aromatic carbocycles. The third-order valence-electron chi connectivity index (χ3n) is 6.60. The molecule has 2 aromatic heterocycles. The van der Waals surface area contributed by atoms with Crippen LogP contribution in [0.1, 0.15) is 49.7 Å². The van der Waals surface area contributed by atoms with Crippen LogP contribution < -0.4 is 9.47 Å². The van der Waals surface area contributed by atoms with Gasteiger partial charge in [-0.2, -0.15) is 0 Å². The lowest BCUT2D eigenvalue weighted by Gasteiger charge is -2.27. The number of fused-ring (bicyclic) bond motifs is 1. The molecule has 0 aliphatic carbocycles. The van der Waals surface area contributed by atoms with Crippen molar-refractivity contribution >= 4 is 23.1 Å². The Morgan fingerprint density at radius 3 is 2.61 bits per heavy atom. The monoisotopic (exact) mass is 520 g/mol. The molecule has 9 nitrogen and oxygen atoms in total. The molecule has 1 saturated heterocycles. The molecular weight excluding hydrogens is 484 g/mol. The fourth-order valence-electron chi connectivity index (χ4n) is 4.70. The number of likely N-dealkylation sites (N-methyl/N-ethyl adjacent to an activating group) is 1. The number of amides is 1. The molecule has 202 valence electrons. The van der Waals surface area contributed by atoms with E-state index in [1.54, 1.807) is 23.6 Å². The second-order valence-electron chi connectivity index (χ2n) is 9.61. The van der Waals surface area contributed by atoms with E-state index in [0.29, 0.717) is 60.4 Å². The number of likely N-dealkylation sites (tertiary alicyclic amines) is 1. The second kappa shape index (κ2) is 11.7. The number of unbranched alkanes of at least 4 members (excludes halogenated alkanes) is 1. The third-order valence-corrected chi connectivity index (χ3v) is 6.60. The third kappa shape index (κ3) is 5.24. The van der Waals surface area contributed by atoms with E-state index in [1.807, 2.05) is 56.3 Å². The number of carbonyl (C=O) groups excluding carboxylic acids is 2. The number of pyridine rings is 1. The van der Waals surface area contributed by atoms with Gasteiger partial charge in [-0.3, -0.25) is 14.0 Å². The number of hydrogen-bond acceptors (Lipinski definition) is 7. The van der Waals surface area contributed by atoms with Gasteiger partial charge >= 0.3 is 0 Å². The highest BCUT2D eigenvalue weighted by Gasteiger charge is 2.46. The number of aliphatic hydroxyl groups is 1. The number of rotatable bonds is 11. The van der Waals surface area contributed by atoms with Gasteiger partial charge < -0.3 is 24.4 Å². The normalized spacial score (nSPS) is 17.1. The summed E-state index contributed by atoms with van der Waals surface area (Å²) in [4.78, 5) is 34.8. The molecule has 38 heavy (non-hydrogen) atoms. The number of ketones is 1. The van der Waals surface area contributed by atoms with Gasteiger partial charge in [-0.1, -0.05) is 25.5 Å². The number of carbonyl (C=O) groups is 2. The topological polar surface area (TPSA) is 96.6 Å². The van der Waals surface area contributed by atoms with E-state index in [9.17, 15) is 14.7 Å². The molecule has 4 rings (SSSR count). The van der Waals surface area contributed by atoms with Crippen molar-refractivity contribution in [2.75, 3.05) is 40.4 Å². The molecule has 9 heteroatoms. The van der Waals surface area contributed by atoms with Gasteiger partial charge in [0, 0.05) is 19.3 Å². The van der Waals surface area contributed by atoms with Crippen molar-refractivity contribution in [2.24, 2.45) is 0 Å². The van der Waals surface area contributed by atoms with Crippen molar-refractivity contribution in [3.05, 3.63) is 65.1 Å². The summed E-state index contributed by atoms with van der Waals surface area (Å²) in [5, 5.41) is 11.6. The first-order valence-corrected chi connectivity index (χ1v) is 13.0. The molecule has 1 unspecified atom stereocenters. The zero-order valence-electron chi connectivity index (χ0n) is 22.7. The summed E-state index contributed by atoms with van der Waals surface area (Å²) in [6.45, 7) is 7.60. The molecule has 0 bridgehead atoms. The molecule has 1 aliphatic rings. The molecule has 3 heterocycles. The Hall–Kier alpha value is -3.85. The van der Waals surface area contributed by atoms with Crippen LogP contribution in [0.4, 0.5) is 0 Å². The predicted molar refractivity (Wildman–Crippen MR) is 146 cm³/mol. The van der Waals surface area contributed by atoms with Crippen LogP contribution in [0.2, 0.25) is 0 Å². The Balaban J connectivity index is 1.88. The second-order valence-corrected chi connectivity index (χ2v) is 9.61. The highest BCUT2D eigenvalue weighted by molar-refractivity contribution is 6.46. The lowest BCUT2D eigenvalue weighted by Crippen LogP contribution is -2.35. The zero-order valence-corrected chi connectivity index (χ0v) is 22.7. The van der Waals surface area contributed by atoms with Crippen LogP contribution >= 0.6 is 0 Å². The highest BCUT2D eigenvalue weighted by atomic mass is 16.5. The Morgan fingerprint density at radius 2 is 1.89 bits per heavy atom. The molecule has 1 amide bonds. The number of benzene rings is 1. The maximum Gasteiger partial charge on any atom is 0.295 e. The minimum Gasteiger partial charge on any atom is -0.505 e. The number of aryl methyl sites for hydroxylation is 1. The Labute approximate surface area is 223 Å². The van der Waals surface area contributed by atoms with Crippen LogP contribution in [0.25, 0.3) is 11.4 Å². The first-order chi connectivity index (χ1) is 18.3. The van der Waals surface area contributed by atoms with E-state index < -0.39 is 17.7 Å². The largest absolute Gasteiger partial charge is 0.505 e. The van der Waals surface area contributed by atoms with E-state index >= 15 is 0 Å². The summed E-state index contributed by atoms with van der Waals surface area (Å²) in [7, 11) is 3.81. The molecule has 3 aromatic rings. The molecule has 0 spiro atoms. The molecule has 1 N–H and O–H groups in total. The molecule has 0 saturated carbocycles. The number of aromatic nitrogens is 2. The van der Waals surface area contributed by atoms with Crippen molar-refractivity contribution in [3.63, 3.8) is 0 Å². The maximum atomic E-state index is 13.5. The number of hydrogen-bond donors (Lipinski definition) is 1. The zero-order chi connectivity index (χ0) is 27.4. The summed E-state index contributed by atoms with van der Waals surface area (Å²) in [5.41, 5.74) is 2.27. The summed E-state index contributed by atoms with van der Waals surface area (Å²) in [6.07, 6.45) is 3.69. The predicted octanol–water partition coefficient (Wildman–Crippen LogP) is 4.20. The van der Waals surface area contributed by atoms with E-state index in [4.69, 9.17) is 9.47 Å². The minimum atomic E-state index is -0.799. The van der Waals surface area contributed by atoms with E-state index in [-0.39, 0.29) is 11.3 Å². The van der Waals surface area contributed by atoms with Gasteiger partial charge in [0.2, 0.25) is 0 Å². The van der Waals surface area contributed by atoms with Gasteiger partial charge in [-0.15, -0.1) is 0 Å². The summed E-state index contributed by atoms with van der Waals surface area (Å²) in [6, 6.07) is 10.1. The maximum absolute atomic E-state index is 13.5. The number of Topliss-reactive ketones (excluding diaryl/α,β-unsaturated/α-hetero) is 1. The van der Waals surface area contributed by atoms with Crippen LogP contribution in [-0.2, 0) is 9.59 Å². The van der Waals surface area contributed by atoms with Crippen molar-refractivity contribution in [3.8, 4) is 11.5 Å².